The van der Waals surface area contributed by atoms with Gasteiger partial charge >= 0.3 is 5.97 Å². The minimum Gasteiger partial charge on any atom is -0.466 e. The molecule has 0 fully saturated rings. The molecule has 0 amide bonds. The maximum atomic E-state index is 12.2. The lowest BCUT2D eigenvalue weighted by molar-refractivity contribution is -0.143. The molecule has 7 heteroatoms. The second-order valence-corrected chi connectivity index (χ2v) is 17.5. The van der Waals surface area contributed by atoms with Crippen molar-refractivity contribution in [2.24, 2.45) is 5.92 Å². The number of esters is 1. The Balaban J connectivity index is 2.38. The van der Waals surface area contributed by atoms with Gasteiger partial charge in [-0.05, 0) is 64.6 Å². The molecule has 7 nitrogen and oxygen atoms in total. The number of hydrogen-bond donors (Lipinski definition) is 2. The minimum atomic E-state index is -0.396. The third kappa shape index (κ3) is 29.9. The van der Waals surface area contributed by atoms with Gasteiger partial charge in [0.25, 0.3) is 10.9 Å². The quantitative estimate of drug-likeness (QED) is 0.0386. The molecule has 0 saturated carbocycles. The molecule has 1 rings (SSSR count). The van der Waals surface area contributed by atoms with Crippen LogP contribution < -0.4 is 21.5 Å². The predicted molar refractivity (Wildman–Crippen MR) is 249 cm³/mol. The van der Waals surface area contributed by atoms with Gasteiger partial charge < -0.3 is 20.3 Å². The fraction of sp³-hybridized carbons (Fsp3) is 0.900. The second-order valence-electron chi connectivity index (χ2n) is 17.5. The average Bonchev–Trinajstić information content (AvgIpc) is 3.21. The normalized spacial score (nSPS) is 11.7. The molecule has 0 bridgehead atoms. The summed E-state index contributed by atoms with van der Waals surface area (Å²) >= 11 is 0. The number of nitrogens with zero attached hydrogens (tertiary/aromatic N) is 1. The van der Waals surface area contributed by atoms with Crippen molar-refractivity contribution >= 4 is 17.3 Å². The number of anilines is 2. The largest absolute Gasteiger partial charge is 0.466 e. The van der Waals surface area contributed by atoms with E-state index in [1.807, 2.05) is 6.92 Å². The molecule has 0 unspecified atom stereocenters. The third-order valence-electron chi connectivity index (χ3n) is 12.1. The Morgan fingerprint density at radius 3 is 1.33 bits per heavy atom. The number of hydrogen-bond acceptors (Lipinski definition) is 7. The molecule has 1 aromatic carbocycles. The number of carbonyl (C=O) groups excluding carboxylic acids is 1. The summed E-state index contributed by atoms with van der Waals surface area (Å²) in [6.45, 7) is 14.0. The fourth-order valence-electron chi connectivity index (χ4n) is 8.37. The number of unbranched alkanes of at least 4 members (excludes halogenated alkanes) is 24. The molecule has 0 aromatic heterocycles. The van der Waals surface area contributed by atoms with Gasteiger partial charge in [-0.15, -0.1) is 0 Å². The van der Waals surface area contributed by atoms with E-state index in [-0.39, 0.29) is 11.4 Å². The van der Waals surface area contributed by atoms with Gasteiger partial charge in [-0.25, -0.2) is 0 Å². The van der Waals surface area contributed by atoms with Crippen LogP contribution in [0, 0.1) is 5.92 Å². The van der Waals surface area contributed by atoms with Crippen molar-refractivity contribution < 1.29 is 9.53 Å². The van der Waals surface area contributed by atoms with E-state index in [2.05, 4.69) is 36.3 Å². The van der Waals surface area contributed by atoms with Gasteiger partial charge in [-0.2, -0.15) is 0 Å². The number of ether oxygens (including phenoxy) is 1. The molecule has 0 spiro atoms. The van der Waals surface area contributed by atoms with E-state index in [1.54, 1.807) is 0 Å². The molecule has 334 valence electrons. The number of carbonyl (C=O) groups is 1. The molecule has 0 atom stereocenters. The molecule has 0 saturated heterocycles. The maximum Gasteiger partial charge on any atom is 0.305 e. The standard InChI is InChI=1S/C50H95N3O4/c1-5-9-12-15-18-27-34-44-57-46(54)39-31-24-20-26-33-42-53(43-35-40-52-48-47(51-8-4)49(55)50(48)56)41-32-25-19-23-30-38-45(36-28-21-16-13-10-6-2)37-29-22-17-14-11-7-3/h45,51-52H,5-44H2,1-4H3. The van der Waals surface area contributed by atoms with E-state index in [1.165, 1.54) is 180 Å². The van der Waals surface area contributed by atoms with Gasteiger partial charge in [0.1, 0.15) is 11.4 Å². The van der Waals surface area contributed by atoms with Crippen LogP contribution in [0.2, 0.25) is 0 Å². The molecule has 0 aliphatic heterocycles. The molecule has 57 heavy (non-hydrogen) atoms. The summed E-state index contributed by atoms with van der Waals surface area (Å²) in [5, 5.41) is 6.28. The van der Waals surface area contributed by atoms with E-state index in [0.717, 1.165) is 57.7 Å². The first-order valence-corrected chi connectivity index (χ1v) is 25.2. The van der Waals surface area contributed by atoms with Gasteiger partial charge in [0.15, 0.2) is 0 Å². The van der Waals surface area contributed by atoms with Crippen LogP contribution in [0.4, 0.5) is 11.4 Å². The zero-order chi connectivity index (χ0) is 41.4. The Morgan fingerprint density at radius 1 is 0.474 bits per heavy atom. The lowest BCUT2D eigenvalue weighted by Crippen LogP contribution is -2.38. The van der Waals surface area contributed by atoms with Crippen molar-refractivity contribution in [3.8, 4) is 0 Å². The second kappa shape index (κ2) is 39.6. The molecule has 0 aliphatic rings. The third-order valence-corrected chi connectivity index (χ3v) is 12.1. The van der Waals surface area contributed by atoms with Gasteiger partial charge in [0.05, 0.1) is 6.61 Å². The monoisotopic (exact) mass is 802 g/mol. The van der Waals surface area contributed by atoms with Crippen LogP contribution >= 0.6 is 0 Å². The van der Waals surface area contributed by atoms with Crippen molar-refractivity contribution in [1.29, 1.82) is 0 Å². The summed E-state index contributed by atoms with van der Waals surface area (Å²) in [6.07, 6.45) is 43.6. The van der Waals surface area contributed by atoms with Crippen LogP contribution in [0.15, 0.2) is 9.59 Å². The van der Waals surface area contributed by atoms with E-state index in [4.69, 9.17) is 4.74 Å². The Hall–Kier alpha value is -1.89. The van der Waals surface area contributed by atoms with Crippen molar-refractivity contribution in [3.05, 3.63) is 20.4 Å². The summed E-state index contributed by atoms with van der Waals surface area (Å²) in [7, 11) is 0. The fourth-order valence-corrected chi connectivity index (χ4v) is 8.37. The van der Waals surface area contributed by atoms with E-state index in [0.29, 0.717) is 37.5 Å². The summed E-state index contributed by atoms with van der Waals surface area (Å²) in [5.74, 6) is 0.918. The van der Waals surface area contributed by atoms with Crippen LogP contribution in [0.1, 0.15) is 246 Å². The topological polar surface area (TPSA) is 87.7 Å². The van der Waals surface area contributed by atoms with Crippen molar-refractivity contribution in [2.75, 3.05) is 50.0 Å². The van der Waals surface area contributed by atoms with E-state index < -0.39 is 5.43 Å². The van der Waals surface area contributed by atoms with Crippen LogP contribution in [0.25, 0.3) is 0 Å². The molecular formula is C50H95N3O4. The highest BCUT2D eigenvalue weighted by atomic mass is 16.5. The minimum absolute atomic E-state index is 0.0248. The van der Waals surface area contributed by atoms with Crippen LogP contribution in [-0.4, -0.2) is 50.2 Å². The smallest absolute Gasteiger partial charge is 0.305 e. The highest BCUT2D eigenvalue weighted by Gasteiger charge is 2.19. The SMILES string of the molecule is CCCCCCCCCOC(=O)CCCCCCCN(CCCCCCCC(CCCCCCCC)CCCCCCCC)CCCNc1c(NCC)c(=O)c1=O. The first kappa shape index (κ1) is 53.1. The predicted octanol–water partition coefficient (Wildman–Crippen LogP) is 13.9. The van der Waals surface area contributed by atoms with Crippen LogP contribution in [0.5, 0.6) is 0 Å². The Kier molecular flexibility index (Phi) is 36.9. The Labute approximate surface area is 353 Å². The molecule has 0 radical (unpaired) electrons. The van der Waals surface area contributed by atoms with Gasteiger partial charge in [-0.1, -0.05) is 201 Å². The molecule has 0 aliphatic carbocycles. The summed E-state index contributed by atoms with van der Waals surface area (Å²) in [4.78, 5) is 38.8. The van der Waals surface area contributed by atoms with Gasteiger partial charge in [-0.3, -0.25) is 14.4 Å². The molecule has 0 heterocycles. The lowest BCUT2D eigenvalue weighted by atomic mass is 9.89. The van der Waals surface area contributed by atoms with Crippen molar-refractivity contribution in [1.82, 2.24) is 4.90 Å². The highest BCUT2D eigenvalue weighted by molar-refractivity contribution is 5.73. The van der Waals surface area contributed by atoms with Crippen molar-refractivity contribution in [3.63, 3.8) is 0 Å². The zero-order valence-corrected chi connectivity index (χ0v) is 38.4. The van der Waals surface area contributed by atoms with Crippen LogP contribution in [-0.2, 0) is 9.53 Å². The Morgan fingerprint density at radius 2 is 0.860 bits per heavy atom. The van der Waals surface area contributed by atoms with Crippen LogP contribution in [0.3, 0.4) is 0 Å². The highest BCUT2D eigenvalue weighted by Crippen LogP contribution is 2.25. The number of rotatable bonds is 45. The van der Waals surface area contributed by atoms with Crippen molar-refractivity contribution in [2.45, 2.75) is 246 Å². The first-order chi connectivity index (χ1) is 28.0. The molecule has 1 aromatic rings. The lowest BCUT2D eigenvalue weighted by Gasteiger charge is -2.23. The van der Waals surface area contributed by atoms with Gasteiger partial charge in [0.2, 0.25) is 0 Å². The summed E-state index contributed by atoms with van der Waals surface area (Å²) in [5.41, 5.74) is 0.140. The van der Waals surface area contributed by atoms with Gasteiger partial charge in [0, 0.05) is 19.5 Å². The van der Waals surface area contributed by atoms with E-state index in [9.17, 15) is 14.4 Å². The molecular weight excluding hydrogens is 707 g/mol. The molecule has 2 N–H and O–H groups in total. The maximum absolute atomic E-state index is 12.2. The van der Waals surface area contributed by atoms with E-state index >= 15 is 0 Å². The summed E-state index contributed by atoms with van der Waals surface area (Å²) in [6, 6.07) is 0. The Bertz CT molecular complexity index is 1080. The number of nitrogens with one attached hydrogen (secondary N) is 2. The summed E-state index contributed by atoms with van der Waals surface area (Å²) < 4.78 is 5.47. The average molecular weight is 802 g/mol. The zero-order valence-electron chi connectivity index (χ0n) is 38.4. The first-order valence-electron chi connectivity index (χ1n) is 25.2.